The van der Waals surface area contributed by atoms with Crippen molar-refractivity contribution in [1.82, 2.24) is 15.0 Å². The zero-order chi connectivity index (χ0) is 14.6. The van der Waals surface area contributed by atoms with Gasteiger partial charge < -0.3 is 31.8 Å². The monoisotopic (exact) mass is 262 g/mol. The molecule has 1 aromatic rings. The number of carbonyl (C=O) groups excluding carboxylic acids is 1. The number of methoxy groups -OCH3 is 2. The molecule has 0 aliphatic carbocycles. The first-order valence-electron chi connectivity index (χ1n) is 4.51. The van der Waals surface area contributed by atoms with Crippen LogP contribution in [0.3, 0.4) is 0 Å². The molecule has 1 rings (SSSR count). The van der Waals surface area contributed by atoms with Crippen LogP contribution in [0, 0.1) is 0 Å². The van der Waals surface area contributed by atoms with E-state index in [1.54, 1.807) is 14.2 Å². The molecule has 0 unspecified atom stereocenters. The standard InChI is InChI=1S/C3H6N6.C3H6O3.C2H6O/c4-1-7-2(5)9-3(6)8-1;1-6-3(5)2-4;1-3-2/h(H6,4,5,6,7,8,9);4H,2H2,1H3;1-2H3. The van der Waals surface area contributed by atoms with Crippen LogP contribution in [0.1, 0.15) is 0 Å². The van der Waals surface area contributed by atoms with E-state index in [0.29, 0.717) is 0 Å². The van der Waals surface area contributed by atoms with Crippen molar-refractivity contribution in [3.05, 3.63) is 0 Å². The number of esters is 1. The molecule has 0 fully saturated rings. The number of carbonyl (C=O) groups is 1. The van der Waals surface area contributed by atoms with E-state index in [2.05, 4.69) is 24.4 Å². The first-order chi connectivity index (χ1) is 8.40. The van der Waals surface area contributed by atoms with E-state index in [1.165, 1.54) is 7.11 Å². The van der Waals surface area contributed by atoms with E-state index in [9.17, 15) is 4.79 Å². The summed E-state index contributed by atoms with van der Waals surface area (Å²) in [6.45, 7) is -0.531. The normalized spacial score (nSPS) is 8.22. The molecule has 1 aromatic heterocycles. The molecule has 7 N–H and O–H groups in total. The lowest BCUT2D eigenvalue weighted by atomic mass is 10.8. The predicted molar refractivity (Wildman–Crippen MR) is 65.1 cm³/mol. The second-order valence-electron chi connectivity index (χ2n) is 2.55. The second-order valence-corrected chi connectivity index (χ2v) is 2.55. The number of ether oxygens (including phenoxy) is 2. The van der Waals surface area contributed by atoms with Crippen LogP contribution in [0.15, 0.2) is 0 Å². The first-order valence-corrected chi connectivity index (χ1v) is 4.51. The van der Waals surface area contributed by atoms with Crippen molar-refractivity contribution in [2.45, 2.75) is 0 Å². The molecule has 0 atom stereocenters. The van der Waals surface area contributed by atoms with Gasteiger partial charge in [0.05, 0.1) is 7.11 Å². The van der Waals surface area contributed by atoms with Crippen molar-refractivity contribution in [3.63, 3.8) is 0 Å². The number of hydrogen-bond donors (Lipinski definition) is 4. The summed E-state index contributed by atoms with van der Waals surface area (Å²) in [5, 5.41) is 7.86. The number of anilines is 3. The maximum atomic E-state index is 9.71. The van der Waals surface area contributed by atoms with E-state index in [0.717, 1.165) is 0 Å². The van der Waals surface area contributed by atoms with Gasteiger partial charge >= 0.3 is 5.97 Å². The third-order valence-corrected chi connectivity index (χ3v) is 1.04. The Morgan fingerprint density at radius 1 is 1.06 bits per heavy atom. The van der Waals surface area contributed by atoms with Gasteiger partial charge in [-0.2, -0.15) is 15.0 Å². The molecular weight excluding hydrogens is 244 g/mol. The summed E-state index contributed by atoms with van der Waals surface area (Å²) in [4.78, 5) is 20.2. The summed E-state index contributed by atoms with van der Waals surface area (Å²) in [7, 11) is 4.47. The van der Waals surface area contributed by atoms with Crippen LogP contribution < -0.4 is 17.2 Å². The molecule has 0 aliphatic rings. The molecule has 104 valence electrons. The molecule has 0 bridgehead atoms. The molecule has 0 spiro atoms. The van der Waals surface area contributed by atoms with Gasteiger partial charge in [-0.15, -0.1) is 0 Å². The largest absolute Gasteiger partial charge is 0.467 e. The lowest BCUT2D eigenvalue weighted by Crippen LogP contribution is -2.05. The number of aromatic nitrogens is 3. The fourth-order valence-corrected chi connectivity index (χ4v) is 0.492. The highest BCUT2D eigenvalue weighted by atomic mass is 16.5. The van der Waals surface area contributed by atoms with Crippen molar-refractivity contribution >= 4 is 23.8 Å². The first kappa shape index (κ1) is 18.2. The maximum absolute atomic E-state index is 9.71. The molecule has 10 nitrogen and oxygen atoms in total. The zero-order valence-electron chi connectivity index (χ0n) is 10.5. The van der Waals surface area contributed by atoms with Gasteiger partial charge in [0.2, 0.25) is 17.8 Å². The molecule has 1 heterocycles. The Labute approximate surface area is 104 Å². The Morgan fingerprint density at radius 3 is 1.44 bits per heavy atom. The van der Waals surface area contributed by atoms with Crippen molar-refractivity contribution in [2.24, 2.45) is 0 Å². The van der Waals surface area contributed by atoms with Gasteiger partial charge in [-0.25, -0.2) is 4.79 Å². The summed E-state index contributed by atoms with van der Waals surface area (Å²) >= 11 is 0. The molecular formula is C8H18N6O4. The molecule has 0 saturated carbocycles. The van der Waals surface area contributed by atoms with E-state index in [1.807, 2.05) is 0 Å². The summed E-state index contributed by atoms with van der Waals surface area (Å²) in [6.07, 6.45) is 0. The molecule has 0 radical (unpaired) electrons. The molecule has 0 aliphatic heterocycles. The predicted octanol–water partition coefficient (Wildman–Crippen LogP) is -1.97. The Hall–Kier alpha value is -2.20. The van der Waals surface area contributed by atoms with Gasteiger partial charge in [0.1, 0.15) is 6.61 Å². The minimum atomic E-state index is -0.602. The van der Waals surface area contributed by atoms with E-state index in [4.69, 9.17) is 22.3 Å². The lowest BCUT2D eigenvalue weighted by Gasteiger charge is -1.93. The molecule has 0 amide bonds. The Balaban J connectivity index is 0. The third-order valence-electron chi connectivity index (χ3n) is 1.04. The van der Waals surface area contributed by atoms with Gasteiger partial charge in [0, 0.05) is 14.2 Å². The van der Waals surface area contributed by atoms with Crippen LogP contribution in [-0.2, 0) is 14.3 Å². The fraction of sp³-hybridized carbons (Fsp3) is 0.500. The number of rotatable bonds is 1. The number of nitrogen functional groups attached to an aromatic ring is 3. The highest BCUT2D eigenvalue weighted by molar-refractivity contribution is 5.70. The minimum absolute atomic E-state index is 0.0417. The van der Waals surface area contributed by atoms with Crippen LogP contribution >= 0.6 is 0 Å². The molecule has 0 saturated heterocycles. The van der Waals surface area contributed by atoms with Gasteiger partial charge in [-0.05, 0) is 0 Å². The van der Waals surface area contributed by atoms with Crippen molar-refractivity contribution in [3.8, 4) is 0 Å². The van der Waals surface area contributed by atoms with Crippen LogP contribution in [-0.4, -0.2) is 54.0 Å². The maximum Gasteiger partial charge on any atom is 0.331 e. The highest BCUT2D eigenvalue weighted by Gasteiger charge is 1.93. The summed E-state index contributed by atoms with van der Waals surface area (Å²) < 4.78 is 8.26. The van der Waals surface area contributed by atoms with Crippen molar-refractivity contribution < 1.29 is 19.4 Å². The fourth-order valence-electron chi connectivity index (χ4n) is 0.492. The van der Waals surface area contributed by atoms with Gasteiger partial charge in [0.15, 0.2) is 0 Å². The summed E-state index contributed by atoms with van der Waals surface area (Å²) in [5.74, 6) is -0.477. The molecule has 10 heteroatoms. The molecule has 0 aromatic carbocycles. The second kappa shape index (κ2) is 11.3. The number of hydrogen-bond acceptors (Lipinski definition) is 10. The van der Waals surface area contributed by atoms with Gasteiger partial charge in [-0.1, -0.05) is 0 Å². The number of aliphatic hydroxyl groups excluding tert-OH is 1. The van der Waals surface area contributed by atoms with Crippen LogP contribution in [0.25, 0.3) is 0 Å². The SMILES string of the molecule is COC.COC(=O)CO.Nc1nc(N)nc(N)n1. The lowest BCUT2D eigenvalue weighted by molar-refractivity contribution is -0.143. The average Bonchev–Trinajstić information content (AvgIpc) is 2.28. The highest BCUT2D eigenvalue weighted by Crippen LogP contribution is 1.97. The van der Waals surface area contributed by atoms with E-state index >= 15 is 0 Å². The summed E-state index contributed by atoms with van der Waals surface area (Å²) in [5.41, 5.74) is 15.4. The zero-order valence-corrected chi connectivity index (χ0v) is 10.5. The van der Waals surface area contributed by atoms with Crippen LogP contribution in [0.2, 0.25) is 0 Å². The number of nitrogens with zero attached hydrogens (tertiary/aromatic N) is 3. The smallest absolute Gasteiger partial charge is 0.331 e. The van der Waals surface area contributed by atoms with E-state index in [-0.39, 0.29) is 17.8 Å². The van der Waals surface area contributed by atoms with Crippen LogP contribution in [0.4, 0.5) is 17.8 Å². The number of aliphatic hydroxyl groups is 1. The van der Waals surface area contributed by atoms with Gasteiger partial charge in [0.25, 0.3) is 0 Å². The van der Waals surface area contributed by atoms with Gasteiger partial charge in [-0.3, -0.25) is 0 Å². The van der Waals surface area contributed by atoms with Crippen molar-refractivity contribution in [2.75, 3.05) is 45.1 Å². The Bertz CT molecular complexity index is 292. The van der Waals surface area contributed by atoms with Crippen LogP contribution in [0.5, 0.6) is 0 Å². The minimum Gasteiger partial charge on any atom is -0.467 e. The Morgan fingerprint density at radius 2 is 1.33 bits per heavy atom. The number of nitrogens with two attached hydrogens (primary N) is 3. The average molecular weight is 262 g/mol. The quantitative estimate of drug-likeness (QED) is 0.416. The van der Waals surface area contributed by atoms with E-state index < -0.39 is 12.6 Å². The third kappa shape index (κ3) is 11.9. The van der Waals surface area contributed by atoms with Crippen molar-refractivity contribution in [1.29, 1.82) is 0 Å². The summed E-state index contributed by atoms with van der Waals surface area (Å²) in [6, 6.07) is 0. The topological polar surface area (TPSA) is 172 Å². The molecule has 18 heavy (non-hydrogen) atoms. The Kier molecular flexibility index (Phi) is 11.4.